The number of benzene rings is 2. The number of halogens is 3. The molecule has 2 atom stereocenters. The average Bonchev–Trinajstić information content (AvgIpc) is 3.47. The van der Waals surface area contributed by atoms with Crippen LogP contribution >= 0.6 is 11.6 Å². The lowest BCUT2D eigenvalue weighted by Gasteiger charge is -2.34. The Bertz CT molecular complexity index is 1250. The molecule has 0 bridgehead atoms. The van der Waals surface area contributed by atoms with Crippen molar-refractivity contribution in [2.24, 2.45) is 5.92 Å². The van der Waals surface area contributed by atoms with Crippen LogP contribution in [0.5, 0.6) is 0 Å². The summed E-state index contributed by atoms with van der Waals surface area (Å²) in [7, 11) is 0. The molecule has 1 aromatic heterocycles. The van der Waals surface area contributed by atoms with Gasteiger partial charge in [0.15, 0.2) is 0 Å². The number of nitrogens with zero attached hydrogens (tertiary/aromatic N) is 4. The summed E-state index contributed by atoms with van der Waals surface area (Å²) in [5.41, 5.74) is 2.29. The maximum atomic E-state index is 14.4. The van der Waals surface area contributed by atoms with Crippen LogP contribution in [0.2, 0.25) is 5.02 Å². The summed E-state index contributed by atoms with van der Waals surface area (Å²) in [6, 6.07) is 9.41. The molecule has 0 spiro atoms. The van der Waals surface area contributed by atoms with Gasteiger partial charge >= 0.3 is 0 Å². The van der Waals surface area contributed by atoms with Gasteiger partial charge in [-0.25, -0.2) is 18.4 Å². The van der Waals surface area contributed by atoms with Crippen molar-refractivity contribution in [2.45, 2.75) is 38.5 Å². The van der Waals surface area contributed by atoms with Crippen molar-refractivity contribution in [1.29, 1.82) is 0 Å². The van der Waals surface area contributed by atoms with Crippen LogP contribution < -0.4 is 5.32 Å². The highest BCUT2D eigenvalue weighted by atomic mass is 35.5. The first-order chi connectivity index (χ1) is 16.8. The van der Waals surface area contributed by atoms with E-state index in [0.29, 0.717) is 42.6 Å². The number of aryl methyl sites for hydroxylation is 2. The Kier molecular flexibility index (Phi) is 6.59. The van der Waals surface area contributed by atoms with Crippen molar-refractivity contribution in [3.05, 3.63) is 75.8 Å². The molecule has 2 saturated heterocycles. The van der Waals surface area contributed by atoms with Crippen LogP contribution in [-0.2, 0) is 4.79 Å². The summed E-state index contributed by atoms with van der Waals surface area (Å²) >= 11 is 6.20. The van der Waals surface area contributed by atoms with Crippen molar-refractivity contribution in [2.75, 3.05) is 26.2 Å². The number of nitrogens with one attached hydrogen (secondary N) is 1. The number of carbonyl (C=O) groups excluding carboxylic acids is 1. The van der Waals surface area contributed by atoms with Gasteiger partial charge in [-0.15, -0.1) is 0 Å². The molecular weight excluding hydrogens is 472 g/mol. The van der Waals surface area contributed by atoms with Crippen molar-refractivity contribution >= 4 is 17.5 Å². The predicted molar refractivity (Wildman–Crippen MR) is 130 cm³/mol. The molecule has 1 N–H and O–H groups in total. The first kappa shape index (κ1) is 23.9. The molecule has 3 heterocycles. The Labute approximate surface area is 208 Å². The number of carbonyl (C=O) groups is 1. The Balaban J connectivity index is 1.29. The molecule has 3 aromatic rings. The van der Waals surface area contributed by atoms with Gasteiger partial charge in [-0.05, 0) is 62.1 Å². The quantitative estimate of drug-likeness (QED) is 0.573. The molecule has 5 rings (SSSR count). The molecule has 0 saturated carbocycles. The van der Waals surface area contributed by atoms with E-state index >= 15 is 0 Å². The summed E-state index contributed by atoms with van der Waals surface area (Å²) < 4.78 is 29.7. The van der Waals surface area contributed by atoms with Crippen molar-refractivity contribution < 1.29 is 13.6 Å². The topological polar surface area (TPSA) is 63.1 Å². The molecule has 2 aromatic carbocycles. The van der Waals surface area contributed by atoms with E-state index in [1.807, 2.05) is 41.6 Å². The molecule has 2 fully saturated rings. The van der Waals surface area contributed by atoms with E-state index in [-0.39, 0.29) is 23.7 Å². The van der Waals surface area contributed by atoms with Crippen LogP contribution in [0.15, 0.2) is 36.4 Å². The summed E-state index contributed by atoms with van der Waals surface area (Å²) in [4.78, 5) is 20.0. The molecule has 1 amide bonds. The molecule has 35 heavy (non-hydrogen) atoms. The number of piperidine rings is 1. The zero-order valence-electron chi connectivity index (χ0n) is 19.8. The minimum absolute atomic E-state index is 0.0214. The number of likely N-dealkylation sites (tertiary alicyclic amines) is 1. The molecule has 0 aliphatic carbocycles. The number of hydrogen-bond acceptors (Lipinski definition) is 4. The number of amides is 1. The van der Waals surface area contributed by atoms with Gasteiger partial charge in [0.25, 0.3) is 0 Å². The highest BCUT2D eigenvalue weighted by molar-refractivity contribution is 6.31. The third kappa shape index (κ3) is 4.69. The van der Waals surface area contributed by atoms with Gasteiger partial charge in [-0.3, -0.25) is 4.79 Å². The lowest BCUT2D eigenvalue weighted by Crippen LogP contribution is -2.43. The maximum absolute atomic E-state index is 14.4. The van der Waals surface area contributed by atoms with Crippen molar-refractivity contribution in [1.82, 2.24) is 25.0 Å². The monoisotopic (exact) mass is 499 g/mol. The summed E-state index contributed by atoms with van der Waals surface area (Å²) in [6.45, 7) is 6.03. The van der Waals surface area contributed by atoms with Gasteiger partial charge in [0.2, 0.25) is 5.91 Å². The van der Waals surface area contributed by atoms with Gasteiger partial charge in [-0.2, -0.15) is 5.10 Å². The van der Waals surface area contributed by atoms with Gasteiger partial charge in [0.1, 0.15) is 23.3 Å². The minimum atomic E-state index is -0.612. The summed E-state index contributed by atoms with van der Waals surface area (Å²) in [6.07, 6.45) is 1.54. The molecule has 0 radical (unpaired) electrons. The van der Waals surface area contributed by atoms with Crippen molar-refractivity contribution in [3.8, 4) is 5.69 Å². The highest BCUT2D eigenvalue weighted by Crippen LogP contribution is 2.34. The minimum Gasteiger partial charge on any atom is -0.342 e. The Morgan fingerprint density at radius 1 is 1.09 bits per heavy atom. The van der Waals surface area contributed by atoms with Gasteiger partial charge in [0.05, 0.1) is 11.6 Å². The molecule has 9 heteroatoms. The van der Waals surface area contributed by atoms with E-state index in [4.69, 9.17) is 16.6 Å². The van der Waals surface area contributed by atoms with Crippen LogP contribution in [0.3, 0.4) is 0 Å². The second kappa shape index (κ2) is 9.66. The van der Waals surface area contributed by atoms with E-state index < -0.39 is 11.6 Å². The summed E-state index contributed by atoms with van der Waals surface area (Å²) in [5, 5.41) is 8.54. The largest absolute Gasteiger partial charge is 0.342 e. The molecule has 2 aliphatic heterocycles. The van der Waals surface area contributed by atoms with E-state index in [9.17, 15) is 13.6 Å². The standard InChI is InChI=1S/C26H28ClF2N5O/c1-15-11-19(4-6-23(15)27)34-25(31-16(2)32-34)17-7-9-33(10-8-17)26(35)22-14-30-13-21(22)20-5-3-18(28)12-24(20)29/h3-6,11-12,17,21-22,30H,7-10,13-14H2,1-2H3/t21-,22+/m0/s1. The predicted octanol–water partition coefficient (Wildman–Crippen LogP) is 4.52. The third-order valence-corrected chi connectivity index (χ3v) is 7.61. The normalized spacial score (nSPS) is 21.0. The molecule has 6 nitrogen and oxygen atoms in total. The lowest BCUT2D eigenvalue weighted by atomic mass is 9.86. The second-order valence-corrected chi connectivity index (χ2v) is 9.91. The second-order valence-electron chi connectivity index (χ2n) is 9.50. The number of hydrogen-bond donors (Lipinski definition) is 1. The Morgan fingerprint density at radius 2 is 1.86 bits per heavy atom. The maximum Gasteiger partial charge on any atom is 0.227 e. The lowest BCUT2D eigenvalue weighted by molar-refractivity contribution is -0.136. The first-order valence-corrected chi connectivity index (χ1v) is 12.3. The molecule has 184 valence electrons. The Morgan fingerprint density at radius 3 is 2.57 bits per heavy atom. The zero-order chi connectivity index (χ0) is 24.7. The fourth-order valence-electron chi connectivity index (χ4n) is 5.31. The van der Waals surface area contributed by atoms with Gasteiger partial charge in [0, 0.05) is 49.1 Å². The molecular formula is C26H28ClF2N5O. The Hall–Kier alpha value is -2.84. The molecule has 0 unspecified atom stereocenters. The summed E-state index contributed by atoms with van der Waals surface area (Å²) in [5.74, 6) is -0.0932. The van der Waals surface area contributed by atoms with Crippen LogP contribution in [0.1, 0.15) is 47.5 Å². The van der Waals surface area contributed by atoms with Crippen LogP contribution in [0.25, 0.3) is 5.69 Å². The van der Waals surface area contributed by atoms with E-state index in [0.717, 1.165) is 36.0 Å². The van der Waals surface area contributed by atoms with E-state index in [1.165, 1.54) is 12.1 Å². The average molecular weight is 500 g/mol. The van der Waals surface area contributed by atoms with Crippen molar-refractivity contribution in [3.63, 3.8) is 0 Å². The van der Waals surface area contributed by atoms with Crippen LogP contribution in [0.4, 0.5) is 8.78 Å². The first-order valence-electron chi connectivity index (χ1n) is 12.0. The number of aromatic nitrogens is 3. The SMILES string of the molecule is Cc1nc(C2CCN(C(=O)[C@@H]3CNC[C@H]3c3ccc(F)cc3F)CC2)n(-c2ccc(Cl)c(C)c2)n1. The number of rotatable bonds is 4. The fraction of sp³-hybridized carbons (Fsp3) is 0.423. The van der Waals surface area contributed by atoms with Gasteiger partial charge in [-0.1, -0.05) is 17.7 Å². The third-order valence-electron chi connectivity index (χ3n) is 7.19. The van der Waals surface area contributed by atoms with E-state index in [2.05, 4.69) is 10.4 Å². The smallest absolute Gasteiger partial charge is 0.227 e. The highest BCUT2D eigenvalue weighted by Gasteiger charge is 2.39. The molecule has 2 aliphatic rings. The van der Waals surface area contributed by atoms with Gasteiger partial charge < -0.3 is 10.2 Å². The van der Waals surface area contributed by atoms with E-state index in [1.54, 1.807) is 0 Å². The van der Waals surface area contributed by atoms with Crippen LogP contribution in [0, 0.1) is 31.4 Å². The fourth-order valence-corrected chi connectivity index (χ4v) is 5.42. The zero-order valence-corrected chi connectivity index (χ0v) is 20.5. The van der Waals surface area contributed by atoms with Crippen LogP contribution in [-0.4, -0.2) is 51.8 Å².